The second-order valence-corrected chi connectivity index (χ2v) is 7.84. The molecule has 0 spiro atoms. The van der Waals surface area contributed by atoms with Crippen LogP contribution in [0.2, 0.25) is 0 Å². The molecule has 0 fully saturated rings. The van der Waals surface area contributed by atoms with Crippen molar-refractivity contribution >= 4 is 28.3 Å². The molecule has 154 valence electrons. The summed E-state index contributed by atoms with van der Waals surface area (Å²) in [5, 5.41) is 7.61. The molecule has 0 aliphatic rings. The van der Waals surface area contributed by atoms with Crippen molar-refractivity contribution in [3.63, 3.8) is 0 Å². The van der Waals surface area contributed by atoms with Gasteiger partial charge in [0, 0.05) is 17.5 Å². The fourth-order valence-corrected chi connectivity index (χ4v) is 4.07. The van der Waals surface area contributed by atoms with Gasteiger partial charge in [0.1, 0.15) is 12.1 Å². The summed E-state index contributed by atoms with van der Waals surface area (Å²) < 4.78 is 7.25. The van der Waals surface area contributed by atoms with E-state index in [1.165, 1.54) is 5.56 Å². The predicted octanol–water partition coefficient (Wildman–Crippen LogP) is 5.21. The summed E-state index contributed by atoms with van der Waals surface area (Å²) in [6.45, 7) is 0.734. The van der Waals surface area contributed by atoms with Crippen molar-refractivity contribution in [1.82, 2.24) is 19.5 Å². The minimum atomic E-state index is 0.678. The van der Waals surface area contributed by atoms with Gasteiger partial charge in [-0.1, -0.05) is 42.5 Å². The first-order chi connectivity index (χ1) is 15.3. The molecule has 0 saturated carbocycles. The van der Waals surface area contributed by atoms with Gasteiger partial charge in [0.05, 0.1) is 12.8 Å². The van der Waals surface area contributed by atoms with Crippen LogP contribution >= 0.6 is 11.3 Å². The van der Waals surface area contributed by atoms with E-state index in [0.29, 0.717) is 5.82 Å². The van der Waals surface area contributed by atoms with Crippen LogP contribution in [0.3, 0.4) is 0 Å². The number of methoxy groups -OCH3 is 1. The Morgan fingerprint density at radius 1 is 1.00 bits per heavy atom. The lowest BCUT2D eigenvalue weighted by atomic mass is 10.1. The van der Waals surface area contributed by atoms with Crippen molar-refractivity contribution < 1.29 is 4.74 Å². The van der Waals surface area contributed by atoms with Gasteiger partial charge in [0.2, 0.25) is 0 Å². The van der Waals surface area contributed by atoms with E-state index in [1.54, 1.807) is 18.4 Å². The highest BCUT2D eigenvalue weighted by atomic mass is 32.1. The Bertz CT molecular complexity index is 1280. The number of aromatic nitrogens is 4. The molecule has 0 aliphatic heterocycles. The van der Waals surface area contributed by atoms with Crippen LogP contribution in [-0.4, -0.2) is 33.2 Å². The molecule has 31 heavy (non-hydrogen) atoms. The highest BCUT2D eigenvalue weighted by Gasteiger charge is 2.15. The summed E-state index contributed by atoms with van der Waals surface area (Å²) in [5.74, 6) is 2.28. The van der Waals surface area contributed by atoms with Gasteiger partial charge >= 0.3 is 0 Å². The highest BCUT2D eigenvalue weighted by Crippen LogP contribution is 2.26. The maximum atomic E-state index is 5.24. The lowest BCUT2D eigenvalue weighted by Crippen LogP contribution is -2.08. The molecule has 2 aromatic carbocycles. The van der Waals surface area contributed by atoms with Gasteiger partial charge < -0.3 is 10.1 Å². The lowest BCUT2D eigenvalue weighted by molar-refractivity contribution is 0.414. The number of hydrogen-bond acceptors (Lipinski definition) is 6. The van der Waals surface area contributed by atoms with Crippen LogP contribution in [0.25, 0.3) is 28.2 Å². The quantitative estimate of drug-likeness (QED) is 0.386. The molecule has 0 unspecified atom stereocenters. The molecule has 0 amide bonds. The van der Waals surface area contributed by atoms with Crippen LogP contribution in [0.15, 0.2) is 77.8 Å². The normalized spacial score (nSPS) is 11.0. The van der Waals surface area contributed by atoms with Crippen LogP contribution in [0.1, 0.15) is 5.56 Å². The third kappa shape index (κ3) is 4.00. The van der Waals surface area contributed by atoms with Gasteiger partial charge in [-0.05, 0) is 35.6 Å². The van der Waals surface area contributed by atoms with E-state index in [4.69, 9.17) is 14.7 Å². The molecule has 0 bridgehead atoms. The highest BCUT2D eigenvalue weighted by molar-refractivity contribution is 7.08. The van der Waals surface area contributed by atoms with Gasteiger partial charge in [0.25, 0.3) is 0 Å². The Morgan fingerprint density at radius 3 is 2.58 bits per heavy atom. The largest absolute Gasteiger partial charge is 0.497 e. The van der Waals surface area contributed by atoms with Gasteiger partial charge in [-0.15, -0.1) is 0 Å². The van der Waals surface area contributed by atoms with Crippen molar-refractivity contribution in [2.24, 2.45) is 0 Å². The molecule has 0 aliphatic carbocycles. The fraction of sp³-hybridized carbons (Fsp3) is 0.125. The van der Waals surface area contributed by atoms with Crippen molar-refractivity contribution in [2.45, 2.75) is 6.42 Å². The summed E-state index contributed by atoms with van der Waals surface area (Å²) in [4.78, 5) is 14.3. The first kappa shape index (κ1) is 19.3. The average Bonchev–Trinajstić information content (AvgIpc) is 3.50. The lowest BCUT2D eigenvalue weighted by Gasteiger charge is -2.10. The van der Waals surface area contributed by atoms with E-state index in [1.807, 2.05) is 53.4 Å². The standard InChI is InChI=1S/C24H21N5OS/c1-30-20-9-7-17(8-10-20)11-13-25-23-21-24(29(16-26-21)19-12-14-31-15-19)28-22(27-23)18-5-3-2-4-6-18/h2-10,12,14-16H,11,13H2,1H3,(H,25,27,28). The molecular formula is C24H21N5OS. The number of nitrogens with one attached hydrogen (secondary N) is 1. The number of nitrogens with zero attached hydrogens (tertiary/aromatic N) is 4. The number of ether oxygens (including phenoxy) is 1. The van der Waals surface area contributed by atoms with E-state index < -0.39 is 0 Å². The predicted molar refractivity (Wildman–Crippen MR) is 125 cm³/mol. The number of imidazole rings is 1. The molecule has 0 radical (unpaired) electrons. The molecule has 1 N–H and O–H groups in total. The Hall–Kier alpha value is -3.71. The van der Waals surface area contributed by atoms with Crippen molar-refractivity contribution in [2.75, 3.05) is 19.0 Å². The molecule has 5 aromatic rings. The molecule has 7 heteroatoms. The number of benzene rings is 2. The Balaban J connectivity index is 1.48. The summed E-state index contributed by atoms with van der Waals surface area (Å²) in [7, 11) is 1.68. The number of hydrogen-bond donors (Lipinski definition) is 1. The van der Waals surface area contributed by atoms with E-state index in [-0.39, 0.29) is 0 Å². The van der Waals surface area contributed by atoms with Gasteiger partial charge in [0.15, 0.2) is 22.8 Å². The summed E-state index contributed by atoms with van der Waals surface area (Å²) >= 11 is 1.65. The van der Waals surface area contributed by atoms with Crippen molar-refractivity contribution in [3.8, 4) is 22.8 Å². The third-order valence-corrected chi connectivity index (χ3v) is 5.75. The van der Waals surface area contributed by atoms with Gasteiger partial charge in [-0.3, -0.25) is 4.57 Å². The van der Waals surface area contributed by atoms with Crippen LogP contribution in [-0.2, 0) is 6.42 Å². The number of rotatable bonds is 7. The summed E-state index contributed by atoms with van der Waals surface area (Å²) in [6.07, 6.45) is 2.67. The van der Waals surface area contributed by atoms with Crippen molar-refractivity contribution in [3.05, 3.63) is 83.3 Å². The Kier molecular flexibility index (Phi) is 5.33. The molecular weight excluding hydrogens is 406 g/mol. The summed E-state index contributed by atoms with van der Waals surface area (Å²) in [5.41, 5.74) is 4.81. The first-order valence-corrected chi connectivity index (χ1v) is 11.0. The van der Waals surface area contributed by atoms with Crippen LogP contribution in [0, 0.1) is 0 Å². The first-order valence-electron chi connectivity index (χ1n) is 10.0. The number of thiophene rings is 1. The number of anilines is 1. The van der Waals surface area contributed by atoms with E-state index in [9.17, 15) is 0 Å². The maximum Gasteiger partial charge on any atom is 0.170 e. The SMILES string of the molecule is COc1ccc(CCNc2nc(-c3ccccc3)nc3c2ncn3-c2ccsc2)cc1. The molecule has 3 heterocycles. The second kappa shape index (κ2) is 8.57. The minimum Gasteiger partial charge on any atom is -0.497 e. The van der Waals surface area contributed by atoms with Gasteiger partial charge in [-0.25, -0.2) is 15.0 Å². The smallest absolute Gasteiger partial charge is 0.170 e. The zero-order valence-electron chi connectivity index (χ0n) is 17.0. The molecule has 6 nitrogen and oxygen atoms in total. The monoisotopic (exact) mass is 427 g/mol. The van der Waals surface area contributed by atoms with E-state index in [0.717, 1.165) is 46.9 Å². The number of fused-ring (bicyclic) bond motifs is 1. The van der Waals surface area contributed by atoms with Crippen molar-refractivity contribution in [1.29, 1.82) is 0 Å². The van der Waals surface area contributed by atoms with Crippen LogP contribution in [0.4, 0.5) is 5.82 Å². The molecule has 3 aromatic heterocycles. The second-order valence-electron chi connectivity index (χ2n) is 7.06. The maximum absolute atomic E-state index is 5.24. The average molecular weight is 428 g/mol. The Morgan fingerprint density at radius 2 is 1.84 bits per heavy atom. The molecule has 0 atom stereocenters. The molecule has 0 saturated heterocycles. The minimum absolute atomic E-state index is 0.678. The van der Waals surface area contributed by atoms with Crippen LogP contribution < -0.4 is 10.1 Å². The zero-order valence-corrected chi connectivity index (χ0v) is 17.8. The van der Waals surface area contributed by atoms with E-state index >= 15 is 0 Å². The third-order valence-electron chi connectivity index (χ3n) is 5.08. The van der Waals surface area contributed by atoms with Gasteiger partial charge in [-0.2, -0.15) is 11.3 Å². The van der Waals surface area contributed by atoms with Crippen LogP contribution in [0.5, 0.6) is 5.75 Å². The zero-order chi connectivity index (χ0) is 21.0. The summed E-state index contributed by atoms with van der Waals surface area (Å²) in [6, 6.07) is 20.2. The van der Waals surface area contributed by atoms with E-state index in [2.05, 4.69) is 39.3 Å². The topological polar surface area (TPSA) is 64.9 Å². The molecule has 5 rings (SSSR count). The fourth-order valence-electron chi connectivity index (χ4n) is 3.44. The Labute approximate surface area is 184 Å².